The molecular formula is C8H14O3. The fourth-order valence-corrected chi connectivity index (χ4v) is 1.32. The Morgan fingerprint density at radius 3 is 2.73 bits per heavy atom. The van der Waals surface area contributed by atoms with Crippen molar-refractivity contribution >= 4 is 5.97 Å². The van der Waals surface area contributed by atoms with Gasteiger partial charge >= 0.3 is 5.97 Å². The summed E-state index contributed by atoms with van der Waals surface area (Å²) in [6.45, 7) is 2.25. The van der Waals surface area contributed by atoms with Crippen LogP contribution in [0.25, 0.3) is 0 Å². The molecule has 1 aliphatic carbocycles. The molecule has 3 heteroatoms. The van der Waals surface area contributed by atoms with E-state index in [0.29, 0.717) is 18.9 Å². The standard InChI is InChI=1S/C8H14O3/c1-2-11-8(10)5-6-3-7(9)4-6/h6-7,9H,2-5H2,1H3. The maximum absolute atomic E-state index is 10.8. The number of aliphatic hydroxyl groups excluding tert-OH is 1. The van der Waals surface area contributed by atoms with Crippen molar-refractivity contribution in [2.75, 3.05) is 6.61 Å². The molecule has 0 amide bonds. The van der Waals surface area contributed by atoms with Crippen LogP contribution in [0.3, 0.4) is 0 Å². The summed E-state index contributed by atoms with van der Waals surface area (Å²) in [5, 5.41) is 8.91. The molecule has 1 saturated carbocycles. The van der Waals surface area contributed by atoms with Gasteiger partial charge in [-0.1, -0.05) is 0 Å². The summed E-state index contributed by atoms with van der Waals surface area (Å²) < 4.78 is 4.76. The molecule has 64 valence electrons. The predicted molar refractivity (Wildman–Crippen MR) is 40.0 cm³/mol. The van der Waals surface area contributed by atoms with Gasteiger partial charge in [-0.15, -0.1) is 0 Å². The van der Waals surface area contributed by atoms with Gasteiger partial charge in [-0.25, -0.2) is 0 Å². The fourth-order valence-electron chi connectivity index (χ4n) is 1.32. The van der Waals surface area contributed by atoms with E-state index in [1.807, 2.05) is 0 Å². The molecule has 0 unspecified atom stereocenters. The van der Waals surface area contributed by atoms with Gasteiger partial charge in [0, 0.05) is 6.42 Å². The average Bonchev–Trinajstić information content (AvgIpc) is 1.85. The first-order valence-electron chi connectivity index (χ1n) is 4.06. The molecule has 1 N–H and O–H groups in total. The molecule has 3 nitrogen and oxygen atoms in total. The zero-order chi connectivity index (χ0) is 8.27. The molecule has 1 fully saturated rings. The summed E-state index contributed by atoms with van der Waals surface area (Å²) in [5.74, 6) is 0.230. The van der Waals surface area contributed by atoms with Crippen molar-refractivity contribution in [1.29, 1.82) is 0 Å². The molecule has 11 heavy (non-hydrogen) atoms. The van der Waals surface area contributed by atoms with E-state index in [0.717, 1.165) is 12.8 Å². The molecule has 0 atom stereocenters. The summed E-state index contributed by atoms with van der Waals surface area (Å²) in [5.41, 5.74) is 0. The second kappa shape index (κ2) is 3.72. The quantitative estimate of drug-likeness (QED) is 0.615. The monoisotopic (exact) mass is 158 g/mol. The van der Waals surface area contributed by atoms with Crippen LogP contribution in [0.1, 0.15) is 26.2 Å². The van der Waals surface area contributed by atoms with Crippen LogP contribution >= 0.6 is 0 Å². The van der Waals surface area contributed by atoms with Gasteiger partial charge in [0.15, 0.2) is 0 Å². The van der Waals surface area contributed by atoms with Crippen molar-refractivity contribution in [3.63, 3.8) is 0 Å². The molecule has 0 spiro atoms. The van der Waals surface area contributed by atoms with Crippen molar-refractivity contribution < 1.29 is 14.6 Å². The minimum Gasteiger partial charge on any atom is -0.466 e. The summed E-state index contributed by atoms with van der Waals surface area (Å²) in [4.78, 5) is 10.8. The van der Waals surface area contributed by atoms with Crippen LogP contribution in [0.5, 0.6) is 0 Å². The number of esters is 1. The number of aliphatic hydroxyl groups is 1. The van der Waals surface area contributed by atoms with Gasteiger partial charge in [0.1, 0.15) is 0 Å². The van der Waals surface area contributed by atoms with Gasteiger partial charge in [0.2, 0.25) is 0 Å². The van der Waals surface area contributed by atoms with Crippen LogP contribution in [0.15, 0.2) is 0 Å². The average molecular weight is 158 g/mol. The molecule has 0 radical (unpaired) electrons. The minimum atomic E-state index is -0.172. The van der Waals surface area contributed by atoms with E-state index >= 15 is 0 Å². The van der Waals surface area contributed by atoms with E-state index in [2.05, 4.69) is 0 Å². The minimum absolute atomic E-state index is 0.135. The largest absolute Gasteiger partial charge is 0.466 e. The van der Waals surface area contributed by atoms with Gasteiger partial charge in [-0.05, 0) is 25.7 Å². The van der Waals surface area contributed by atoms with Crippen LogP contribution in [0.2, 0.25) is 0 Å². The second-order valence-electron chi connectivity index (χ2n) is 3.00. The Bertz CT molecular complexity index is 138. The van der Waals surface area contributed by atoms with Crippen LogP contribution in [-0.4, -0.2) is 23.8 Å². The first kappa shape index (κ1) is 8.53. The molecule has 0 saturated heterocycles. The van der Waals surface area contributed by atoms with Gasteiger partial charge in [-0.3, -0.25) is 4.79 Å². The third-order valence-corrected chi connectivity index (χ3v) is 1.97. The molecule has 0 aromatic carbocycles. The molecule has 0 aromatic rings. The molecule has 0 aromatic heterocycles. The highest BCUT2D eigenvalue weighted by Crippen LogP contribution is 2.30. The van der Waals surface area contributed by atoms with Gasteiger partial charge in [0.25, 0.3) is 0 Å². The molecule has 0 bridgehead atoms. The Hall–Kier alpha value is -0.570. The zero-order valence-corrected chi connectivity index (χ0v) is 6.75. The number of ether oxygens (including phenoxy) is 1. The van der Waals surface area contributed by atoms with Crippen LogP contribution in [0.4, 0.5) is 0 Å². The number of carbonyl (C=O) groups is 1. The molecule has 0 heterocycles. The van der Waals surface area contributed by atoms with Crippen LogP contribution in [0, 0.1) is 5.92 Å². The highest BCUT2D eigenvalue weighted by molar-refractivity contribution is 5.69. The van der Waals surface area contributed by atoms with Gasteiger partial charge in [0.05, 0.1) is 12.7 Å². The molecule has 0 aliphatic heterocycles. The lowest BCUT2D eigenvalue weighted by Crippen LogP contribution is -2.30. The SMILES string of the molecule is CCOC(=O)CC1CC(O)C1. The number of hydrogen-bond donors (Lipinski definition) is 1. The van der Waals surface area contributed by atoms with Crippen LogP contribution < -0.4 is 0 Å². The first-order chi connectivity index (χ1) is 5.22. The topological polar surface area (TPSA) is 46.5 Å². The van der Waals surface area contributed by atoms with E-state index in [1.54, 1.807) is 6.92 Å². The summed E-state index contributed by atoms with van der Waals surface area (Å²) in [6, 6.07) is 0. The summed E-state index contributed by atoms with van der Waals surface area (Å²) >= 11 is 0. The van der Waals surface area contributed by atoms with Gasteiger partial charge < -0.3 is 9.84 Å². The molecule has 1 rings (SSSR count). The smallest absolute Gasteiger partial charge is 0.306 e. The third kappa shape index (κ3) is 2.50. The Kier molecular flexibility index (Phi) is 2.88. The highest BCUT2D eigenvalue weighted by Gasteiger charge is 2.29. The van der Waals surface area contributed by atoms with Crippen molar-refractivity contribution in [3.05, 3.63) is 0 Å². The van der Waals surface area contributed by atoms with Crippen LogP contribution in [-0.2, 0) is 9.53 Å². The van der Waals surface area contributed by atoms with E-state index in [-0.39, 0.29) is 12.1 Å². The summed E-state index contributed by atoms with van der Waals surface area (Å²) in [6.07, 6.45) is 1.83. The summed E-state index contributed by atoms with van der Waals surface area (Å²) in [7, 11) is 0. The molecule has 1 aliphatic rings. The first-order valence-corrected chi connectivity index (χ1v) is 4.06. The Labute approximate surface area is 66.4 Å². The molecular weight excluding hydrogens is 144 g/mol. The highest BCUT2D eigenvalue weighted by atomic mass is 16.5. The van der Waals surface area contributed by atoms with Gasteiger partial charge in [-0.2, -0.15) is 0 Å². The lowest BCUT2D eigenvalue weighted by atomic mass is 9.80. The van der Waals surface area contributed by atoms with Crippen molar-refractivity contribution in [2.45, 2.75) is 32.3 Å². The second-order valence-corrected chi connectivity index (χ2v) is 3.00. The van der Waals surface area contributed by atoms with Crippen molar-refractivity contribution in [1.82, 2.24) is 0 Å². The third-order valence-electron chi connectivity index (χ3n) is 1.97. The number of rotatable bonds is 3. The zero-order valence-electron chi connectivity index (χ0n) is 6.75. The van der Waals surface area contributed by atoms with Crippen molar-refractivity contribution in [2.24, 2.45) is 5.92 Å². The van der Waals surface area contributed by atoms with Crippen molar-refractivity contribution in [3.8, 4) is 0 Å². The normalized spacial score (nSPS) is 29.3. The fraction of sp³-hybridized carbons (Fsp3) is 0.875. The maximum Gasteiger partial charge on any atom is 0.306 e. The number of hydrogen-bond acceptors (Lipinski definition) is 3. The maximum atomic E-state index is 10.8. The van der Waals surface area contributed by atoms with E-state index in [1.165, 1.54) is 0 Å². The van der Waals surface area contributed by atoms with E-state index in [9.17, 15) is 4.79 Å². The lowest BCUT2D eigenvalue weighted by Gasteiger charge is -2.30. The Balaban J connectivity index is 2.07. The van der Waals surface area contributed by atoms with E-state index < -0.39 is 0 Å². The lowest BCUT2D eigenvalue weighted by molar-refractivity contribution is -0.145. The van der Waals surface area contributed by atoms with E-state index in [4.69, 9.17) is 9.84 Å². The number of carbonyl (C=O) groups excluding carboxylic acids is 1. The Morgan fingerprint density at radius 1 is 1.64 bits per heavy atom. The Morgan fingerprint density at radius 2 is 2.27 bits per heavy atom. The predicted octanol–water partition coefficient (Wildman–Crippen LogP) is 0.711.